The second kappa shape index (κ2) is 9.75. The van der Waals surface area contributed by atoms with E-state index in [-0.39, 0.29) is 11.5 Å². The number of pyridine rings is 1. The molecule has 6 heteroatoms. The third kappa shape index (κ3) is 5.03. The number of amides is 1. The van der Waals surface area contributed by atoms with E-state index in [2.05, 4.69) is 19.2 Å². The Morgan fingerprint density at radius 2 is 1.59 bits per heavy atom. The number of carbonyl (C=O) groups excluding carboxylic acids is 1. The summed E-state index contributed by atoms with van der Waals surface area (Å²) in [6, 6.07) is 14.0. The number of aryl methyl sites for hydroxylation is 2. The van der Waals surface area contributed by atoms with Gasteiger partial charge in [-0.15, -0.1) is 0 Å². The van der Waals surface area contributed by atoms with Gasteiger partial charge in [-0.2, -0.15) is 0 Å². The number of carboxylic acid groups (broad SMARTS) is 1. The van der Waals surface area contributed by atoms with Crippen molar-refractivity contribution in [2.45, 2.75) is 40.7 Å². The van der Waals surface area contributed by atoms with E-state index in [1.807, 2.05) is 38.1 Å². The highest BCUT2D eigenvalue weighted by Gasteiger charge is 2.21. The molecule has 0 atom stereocenters. The zero-order valence-corrected chi connectivity index (χ0v) is 18.9. The molecule has 0 radical (unpaired) electrons. The fourth-order valence-corrected chi connectivity index (χ4v) is 3.72. The number of carboxylic acids is 1. The summed E-state index contributed by atoms with van der Waals surface area (Å²) in [5.41, 5.74) is 12.9. The fourth-order valence-electron chi connectivity index (χ4n) is 3.72. The van der Waals surface area contributed by atoms with Crippen LogP contribution in [0.2, 0.25) is 0 Å². The van der Waals surface area contributed by atoms with Gasteiger partial charge in [0, 0.05) is 23.4 Å². The smallest absolute Gasteiger partial charge is 0.335 e. The molecule has 3 rings (SSSR count). The SMILES string of the molecule is Cc1ccc(-c2c(CN)c(CC(C)C)nc(C)c2NC(=O)c2ccc(C(=O)O)cc2)cc1. The summed E-state index contributed by atoms with van der Waals surface area (Å²) in [5.74, 6) is -0.960. The molecule has 0 aliphatic heterocycles. The van der Waals surface area contributed by atoms with Crippen LogP contribution in [-0.4, -0.2) is 22.0 Å². The Morgan fingerprint density at radius 1 is 1.00 bits per heavy atom. The molecule has 32 heavy (non-hydrogen) atoms. The molecule has 1 amide bonds. The highest BCUT2D eigenvalue weighted by molar-refractivity contribution is 6.07. The van der Waals surface area contributed by atoms with Crippen molar-refractivity contribution in [1.82, 2.24) is 4.98 Å². The van der Waals surface area contributed by atoms with Crippen LogP contribution < -0.4 is 11.1 Å². The molecule has 166 valence electrons. The van der Waals surface area contributed by atoms with Crippen molar-refractivity contribution in [3.8, 4) is 11.1 Å². The van der Waals surface area contributed by atoms with E-state index in [4.69, 9.17) is 15.8 Å². The number of anilines is 1. The van der Waals surface area contributed by atoms with Crippen LogP contribution in [0.1, 0.15) is 57.1 Å². The number of rotatable bonds is 7. The van der Waals surface area contributed by atoms with E-state index in [1.165, 1.54) is 24.3 Å². The summed E-state index contributed by atoms with van der Waals surface area (Å²) in [6.45, 7) is 8.48. The Balaban J connectivity index is 2.12. The lowest BCUT2D eigenvalue weighted by atomic mass is 9.92. The largest absolute Gasteiger partial charge is 0.478 e. The lowest BCUT2D eigenvalue weighted by molar-refractivity contribution is 0.0696. The molecule has 0 aliphatic rings. The van der Waals surface area contributed by atoms with E-state index in [9.17, 15) is 9.59 Å². The number of nitrogens with zero attached hydrogens (tertiary/aromatic N) is 1. The van der Waals surface area contributed by atoms with Crippen LogP contribution in [0.5, 0.6) is 0 Å². The summed E-state index contributed by atoms with van der Waals surface area (Å²) >= 11 is 0. The first kappa shape index (κ1) is 23.2. The van der Waals surface area contributed by atoms with E-state index >= 15 is 0 Å². The lowest BCUT2D eigenvalue weighted by Crippen LogP contribution is -2.18. The number of aromatic carboxylic acids is 1. The quantitative estimate of drug-likeness (QED) is 0.490. The van der Waals surface area contributed by atoms with Crippen LogP contribution in [-0.2, 0) is 13.0 Å². The van der Waals surface area contributed by atoms with Crippen LogP contribution in [0.25, 0.3) is 11.1 Å². The Labute approximate surface area is 188 Å². The first-order valence-corrected chi connectivity index (χ1v) is 10.7. The topological polar surface area (TPSA) is 105 Å². The minimum absolute atomic E-state index is 0.128. The molecule has 1 aromatic heterocycles. The lowest BCUT2D eigenvalue weighted by Gasteiger charge is -2.21. The van der Waals surface area contributed by atoms with Crippen molar-refractivity contribution in [2.24, 2.45) is 11.7 Å². The summed E-state index contributed by atoms with van der Waals surface area (Å²) in [7, 11) is 0. The van der Waals surface area contributed by atoms with Gasteiger partial charge in [-0.05, 0) is 61.6 Å². The molecule has 6 nitrogen and oxygen atoms in total. The number of aromatic nitrogens is 1. The normalized spacial score (nSPS) is 10.9. The summed E-state index contributed by atoms with van der Waals surface area (Å²) in [4.78, 5) is 28.9. The molecule has 0 unspecified atom stereocenters. The van der Waals surface area contributed by atoms with Crippen molar-refractivity contribution in [1.29, 1.82) is 0 Å². The van der Waals surface area contributed by atoms with Gasteiger partial charge in [-0.1, -0.05) is 43.7 Å². The molecule has 0 aliphatic carbocycles. The van der Waals surface area contributed by atoms with E-state index in [1.54, 1.807) is 0 Å². The minimum atomic E-state index is -1.04. The predicted molar refractivity (Wildman–Crippen MR) is 127 cm³/mol. The Bertz CT molecular complexity index is 1130. The molecule has 2 aromatic carbocycles. The number of hydrogen-bond acceptors (Lipinski definition) is 4. The third-order valence-corrected chi connectivity index (χ3v) is 5.34. The molecule has 4 N–H and O–H groups in total. The van der Waals surface area contributed by atoms with Crippen LogP contribution in [0.3, 0.4) is 0 Å². The number of hydrogen-bond donors (Lipinski definition) is 3. The molecule has 0 saturated carbocycles. The highest BCUT2D eigenvalue weighted by atomic mass is 16.4. The summed E-state index contributed by atoms with van der Waals surface area (Å²) in [6.07, 6.45) is 0.789. The van der Waals surface area contributed by atoms with Gasteiger partial charge in [0.25, 0.3) is 5.91 Å². The van der Waals surface area contributed by atoms with E-state index in [0.717, 1.165) is 34.4 Å². The van der Waals surface area contributed by atoms with Gasteiger partial charge in [0.05, 0.1) is 16.9 Å². The molecule has 0 saturated heterocycles. The average Bonchev–Trinajstić information content (AvgIpc) is 2.75. The fraction of sp³-hybridized carbons (Fsp3) is 0.269. The molecular weight excluding hydrogens is 402 g/mol. The maximum absolute atomic E-state index is 13.0. The summed E-state index contributed by atoms with van der Waals surface area (Å²) in [5, 5.41) is 12.1. The van der Waals surface area contributed by atoms with Crippen molar-refractivity contribution in [3.05, 3.63) is 82.2 Å². The molecule has 0 bridgehead atoms. The van der Waals surface area contributed by atoms with Crippen LogP contribution in [0.15, 0.2) is 48.5 Å². The highest BCUT2D eigenvalue weighted by Crippen LogP contribution is 2.36. The number of nitrogens with one attached hydrogen (secondary N) is 1. The van der Waals surface area contributed by atoms with E-state index in [0.29, 0.717) is 29.4 Å². The van der Waals surface area contributed by atoms with Crippen LogP contribution >= 0.6 is 0 Å². The average molecular weight is 432 g/mol. The zero-order valence-electron chi connectivity index (χ0n) is 18.9. The maximum atomic E-state index is 13.0. The molecule has 1 heterocycles. The van der Waals surface area contributed by atoms with Crippen LogP contribution in [0, 0.1) is 19.8 Å². The van der Waals surface area contributed by atoms with Crippen LogP contribution in [0.4, 0.5) is 5.69 Å². The molecule has 0 spiro atoms. The van der Waals surface area contributed by atoms with E-state index < -0.39 is 5.97 Å². The van der Waals surface area contributed by atoms with Gasteiger partial charge in [0.1, 0.15) is 0 Å². The first-order valence-electron chi connectivity index (χ1n) is 10.7. The Morgan fingerprint density at radius 3 is 2.12 bits per heavy atom. The monoisotopic (exact) mass is 431 g/mol. The summed E-state index contributed by atoms with van der Waals surface area (Å²) < 4.78 is 0. The van der Waals surface area contributed by atoms with Crippen molar-refractivity contribution < 1.29 is 14.7 Å². The van der Waals surface area contributed by atoms with Gasteiger partial charge < -0.3 is 16.2 Å². The van der Waals surface area contributed by atoms with Gasteiger partial charge in [-0.25, -0.2) is 4.79 Å². The Hall–Kier alpha value is -3.51. The number of carbonyl (C=O) groups is 2. The van der Waals surface area contributed by atoms with Crippen molar-refractivity contribution >= 4 is 17.6 Å². The van der Waals surface area contributed by atoms with Crippen molar-refractivity contribution in [2.75, 3.05) is 5.32 Å². The third-order valence-electron chi connectivity index (χ3n) is 5.34. The van der Waals surface area contributed by atoms with Gasteiger partial charge in [-0.3, -0.25) is 9.78 Å². The predicted octanol–water partition coefficient (Wildman–Crippen LogP) is 4.97. The molecular formula is C26H29N3O3. The molecule has 3 aromatic rings. The van der Waals surface area contributed by atoms with Gasteiger partial charge in [0.2, 0.25) is 0 Å². The second-order valence-corrected chi connectivity index (χ2v) is 8.38. The standard InChI is InChI=1S/C26H29N3O3/c1-15(2)13-22-21(14-27)23(18-7-5-16(3)6-8-18)24(17(4)28-22)29-25(30)19-9-11-20(12-10-19)26(31)32/h5-12,15H,13-14,27H2,1-4H3,(H,29,30)(H,31,32). The Kier molecular flexibility index (Phi) is 7.05. The first-order chi connectivity index (χ1) is 15.2. The second-order valence-electron chi connectivity index (χ2n) is 8.38. The number of nitrogens with two attached hydrogens (primary N) is 1. The van der Waals surface area contributed by atoms with Gasteiger partial charge in [0.15, 0.2) is 0 Å². The maximum Gasteiger partial charge on any atom is 0.335 e. The molecule has 0 fully saturated rings. The van der Waals surface area contributed by atoms with Gasteiger partial charge >= 0.3 is 5.97 Å². The zero-order chi connectivity index (χ0) is 23.4. The number of benzene rings is 2. The van der Waals surface area contributed by atoms with Crippen molar-refractivity contribution in [3.63, 3.8) is 0 Å². The minimum Gasteiger partial charge on any atom is -0.478 e.